The smallest absolute Gasteiger partial charge is 0.305 e. The summed E-state index contributed by atoms with van der Waals surface area (Å²) in [4.78, 5) is 24.6. The molecule has 1 amide bonds. The van der Waals surface area contributed by atoms with E-state index in [0.717, 1.165) is 44.9 Å². The van der Waals surface area contributed by atoms with Crippen molar-refractivity contribution in [3.05, 3.63) is 36.5 Å². The molecule has 0 saturated carbocycles. The Morgan fingerprint density at radius 1 is 0.321 bits per heavy atom. The first-order valence-electron chi connectivity index (χ1n) is 38.3. The number of allylic oxidation sites excluding steroid dienone is 5. The summed E-state index contributed by atoms with van der Waals surface area (Å²) in [6.07, 6.45) is 95.4. The first-order chi connectivity index (χ1) is 41.5. The summed E-state index contributed by atoms with van der Waals surface area (Å²) in [5, 5.41) is 23.2. The van der Waals surface area contributed by atoms with E-state index in [4.69, 9.17) is 4.74 Å². The van der Waals surface area contributed by atoms with Gasteiger partial charge in [0.05, 0.1) is 25.4 Å². The van der Waals surface area contributed by atoms with Crippen LogP contribution in [0.25, 0.3) is 0 Å². The number of carbonyl (C=O) groups is 2. The molecule has 0 spiro atoms. The number of esters is 1. The summed E-state index contributed by atoms with van der Waals surface area (Å²) in [7, 11) is 0. The van der Waals surface area contributed by atoms with Gasteiger partial charge in [0, 0.05) is 12.8 Å². The van der Waals surface area contributed by atoms with Gasteiger partial charge in [0.2, 0.25) is 5.91 Å². The highest BCUT2D eigenvalue weighted by atomic mass is 16.5. The van der Waals surface area contributed by atoms with Crippen LogP contribution in [-0.2, 0) is 14.3 Å². The zero-order valence-electron chi connectivity index (χ0n) is 56.9. The van der Waals surface area contributed by atoms with Crippen LogP contribution >= 0.6 is 0 Å². The van der Waals surface area contributed by atoms with Crippen molar-refractivity contribution < 1.29 is 24.5 Å². The number of rotatable bonds is 72. The van der Waals surface area contributed by atoms with Gasteiger partial charge >= 0.3 is 5.97 Å². The number of ether oxygens (including phenoxy) is 1. The van der Waals surface area contributed by atoms with E-state index < -0.39 is 12.1 Å². The molecule has 0 saturated heterocycles. The summed E-state index contributed by atoms with van der Waals surface area (Å²) < 4.78 is 5.50. The average molecular weight is 1180 g/mol. The van der Waals surface area contributed by atoms with E-state index in [1.165, 1.54) is 353 Å². The maximum absolute atomic E-state index is 12.5. The molecule has 0 aromatic rings. The Hall–Kier alpha value is -1.92. The number of carbonyl (C=O) groups excluding carboxylic acids is 2. The lowest BCUT2D eigenvalue weighted by Crippen LogP contribution is -2.45. The van der Waals surface area contributed by atoms with Crippen LogP contribution in [0.5, 0.6) is 0 Å². The van der Waals surface area contributed by atoms with Gasteiger partial charge in [0.15, 0.2) is 0 Å². The van der Waals surface area contributed by atoms with E-state index in [9.17, 15) is 19.8 Å². The topological polar surface area (TPSA) is 95.9 Å². The van der Waals surface area contributed by atoms with Gasteiger partial charge in [-0.05, 0) is 83.5 Å². The van der Waals surface area contributed by atoms with Gasteiger partial charge < -0.3 is 20.3 Å². The van der Waals surface area contributed by atoms with Crippen LogP contribution < -0.4 is 5.32 Å². The van der Waals surface area contributed by atoms with E-state index in [2.05, 4.69) is 43.5 Å². The molecule has 2 unspecified atom stereocenters. The first kappa shape index (κ1) is 82.1. The third kappa shape index (κ3) is 69.2. The van der Waals surface area contributed by atoms with Gasteiger partial charge in [-0.25, -0.2) is 0 Å². The molecule has 2 atom stereocenters. The molecule has 6 heteroatoms. The summed E-state index contributed by atoms with van der Waals surface area (Å²) in [5.74, 6) is -0.0497. The lowest BCUT2D eigenvalue weighted by molar-refractivity contribution is -0.143. The van der Waals surface area contributed by atoms with Crippen LogP contribution in [0.2, 0.25) is 0 Å². The SMILES string of the molecule is CCCCCCCCC/C=C\CCCCCCCC(=O)OCCCCCCCCCCCCCC/C=C\CCCCCCCCCCCCCCCCCCCC(=O)NC(CO)C(O)/C=C/CCCCCCCCCCCCCCCCCC. The molecule has 0 aliphatic rings. The average Bonchev–Trinajstić information content (AvgIpc) is 3.51. The maximum Gasteiger partial charge on any atom is 0.305 e. The van der Waals surface area contributed by atoms with Gasteiger partial charge in [-0.3, -0.25) is 9.59 Å². The first-order valence-corrected chi connectivity index (χ1v) is 38.3. The van der Waals surface area contributed by atoms with E-state index in [1.54, 1.807) is 6.08 Å². The highest BCUT2D eigenvalue weighted by Gasteiger charge is 2.18. The summed E-state index contributed by atoms with van der Waals surface area (Å²) in [5.41, 5.74) is 0. The second-order valence-corrected chi connectivity index (χ2v) is 26.3. The van der Waals surface area contributed by atoms with Crippen molar-refractivity contribution in [1.29, 1.82) is 0 Å². The van der Waals surface area contributed by atoms with E-state index >= 15 is 0 Å². The maximum atomic E-state index is 12.5. The third-order valence-corrected chi connectivity index (χ3v) is 17.9. The lowest BCUT2D eigenvalue weighted by Gasteiger charge is -2.20. The molecule has 0 fully saturated rings. The largest absolute Gasteiger partial charge is 0.466 e. The minimum Gasteiger partial charge on any atom is -0.466 e. The highest BCUT2D eigenvalue weighted by molar-refractivity contribution is 5.76. The van der Waals surface area contributed by atoms with Gasteiger partial charge in [-0.15, -0.1) is 0 Å². The number of nitrogens with one attached hydrogen (secondary N) is 1. The summed E-state index contributed by atoms with van der Waals surface area (Å²) >= 11 is 0. The van der Waals surface area contributed by atoms with Crippen molar-refractivity contribution in [3.63, 3.8) is 0 Å². The van der Waals surface area contributed by atoms with Crippen molar-refractivity contribution in [2.75, 3.05) is 13.2 Å². The van der Waals surface area contributed by atoms with Crippen LogP contribution in [0.1, 0.15) is 425 Å². The zero-order valence-corrected chi connectivity index (χ0v) is 56.9. The molecule has 0 aliphatic carbocycles. The second kappa shape index (κ2) is 73.5. The second-order valence-electron chi connectivity index (χ2n) is 26.3. The van der Waals surface area contributed by atoms with Crippen molar-refractivity contribution in [1.82, 2.24) is 5.32 Å². The van der Waals surface area contributed by atoms with Gasteiger partial charge in [0.25, 0.3) is 0 Å². The van der Waals surface area contributed by atoms with Crippen LogP contribution in [-0.4, -0.2) is 47.4 Å². The number of amides is 1. The molecule has 84 heavy (non-hydrogen) atoms. The summed E-state index contributed by atoms with van der Waals surface area (Å²) in [6, 6.07) is -0.626. The van der Waals surface area contributed by atoms with Crippen LogP contribution in [0.4, 0.5) is 0 Å². The van der Waals surface area contributed by atoms with Crippen LogP contribution in [0.15, 0.2) is 36.5 Å². The number of aliphatic hydroxyl groups excluding tert-OH is 2. The van der Waals surface area contributed by atoms with Crippen molar-refractivity contribution in [2.24, 2.45) is 0 Å². The Morgan fingerprint density at radius 3 is 0.845 bits per heavy atom. The third-order valence-electron chi connectivity index (χ3n) is 17.9. The molecule has 0 rings (SSSR count). The Labute approximate surface area is 525 Å². The van der Waals surface area contributed by atoms with Crippen molar-refractivity contribution in [3.8, 4) is 0 Å². The molecule has 3 N–H and O–H groups in total. The number of aliphatic hydroxyl groups is 2. The van der Waals surface area contributed by atoms with Crippen LogP contribution in [0, 0.1) is 0 Å². The Kier molecular flexibility index (Phi) is 71.9. The predicted molar refractivity (Wildman–Crippen MR) is 370 cm³/mol. The molecule has 0 radical (unpaired) electrons. The van der Waals surface area contributed by atoms with E-state index in [1.807, 2.05) is 6.08 Å². The molecular weight excluding hydrogens is 1030 g/mol. The number of unbranched alkanes of at least 4 members (excludes halogenated alkanes) is 57. The molecule has 0 bridgehead atoms. The van der Waals surface area contributed by atoms with Gasteiger partial charge in [-0.2, -0.15) is 0 Å². The Morgan fingerprint density at radius 2 is 0.560 bits per heavy atom. The van der Waals surface area contributed by atoms with E-state index in [0.29, 0.717) is 19.4 Å². The molecule has 0 heterocycles. The molecule has 0 aromatic heterocycles. The monoisotopic (exact) mass is 1180 g/mol. The molecule has 6 nitrogen and oxygen atoms in total. The zero-order chi connectivity index (χ0) is 60.6. The normalized spacial score (nSPS) is 12.7. The van der Waals surface area contributed by atoms with E-state index in [-0.39, 0.29) is 18.5 Å². The summed E-state index contributed by atoms with van der Waals surface area (Å²) in [6.45, 7) is 4.94. The molecule has 0 aliphatic heterocycles. The van der Waals surface area contributed by atoms with Gasteiger partial charge in [0.1, 0.15) is 0 Å². The fourth-order valence-electron chi connectivity index (χ4n) is 12.0. The minimum absolute atomic E-state index is 0.0116. The number of hydrogen-bond donors (Lipinski definition) is 3. The quantitative estimate of drug-likeness (QED) is 0.0320. The highest BCUT2D eigenvalue weighted by Crippen LogP contribution is 2.19. The Bertz CT molecular complexity index is 1360. The van der Waals surface area contributed by atoms with Gasteiger partial charge in [-0.1, -0.05) is 365 Å². The van der Waals surface area contributed by atoms with Crippen molar-refractivity contribution in [2.45, 2.75) is 437 Å². The fraction of sp³-hybridized carbons (Fsp3) is 0.897. The Balaban J connectivity index is 3.36. The minimum atomic E-state index is -0.843. The lowest BCUT2D eigenvalue weighted by atomic mass is 10.0. The fourth-order valence-corrected chi connectivity index (χ4v) is 12.0. The predicted octanol–water partition coefficient (Wildman–Crippen LogP) is 25.0. The van der Waals surface area contributed by atoms with Crippen molar-refractivity contribution >= 4 is 11.9 Å². The standard InChI is InChI=1S/C78H149NO5/c1-3-5-7-9-11-13-15-17-19-21-39-42-46-50-54-58-62-66-70-76(81)75(74-80)79-77(82)71-67-63-59-55-51-47-43-40-37-35-33-31-29-27-25-23-22-24-26-28-30-32-34-36-38-41-45-49-53-57-61-65-69-73-84-78(83)72-68-64-60-56-52-48-44-20-18-16-14-12-10-8-6-4-2/h20,26,28,44,66,70,75-76,80-81H,3-19,21-25,27,29-43,45-65,67-69,71-74H2,1-2H3,(H,79,82)/b28-26-,44-20-,70-66+. The molecule has 0 aromatic carbocycles. The molecule has 496 valence electrons. The molecular formula is C78H149NO5. The van der Waals surface area contributed by atoms with Crippen LogP contribution in [0.3, 0.4) is 0 Å². The number of hydrogen-bond acceptors (Lipinski definition) is 5.